The Morgan fingerprint density at radius 3 is 1.57 bits per heavy atom. The number of nitrogens with zero attached hydrogens (tertiary/aromatic N) is 1. The average Bonchev–Trinajstić information content (AvgIpc) is 3.98. The number of furan rings is 1. The molecule has 1 heterocycles. The molecule has 0 amide bonds. The Morgan fingerprint density at radius 1 is 0.343 bits per heavy atom. The summed E-state index contributed by atoms with van der Waals surface area (Å²) in [6.07, 6.45) is 0. The van der Waals surface area contributed by atoms with Crippen LogP contribution in [0.2, 0.25) is 0 Å². The highest BCUT2D eigenvalue weighted by molar-refractivity contribution is 6.12. The molecule has 0 spiro atoms. The van der Waals surface area contributed by atoms with E-state index in [2.05, 4.69) is 250 Å². The molecule has 10 aromatic carbocycles. The van der Waals surface area contributed by atoms with Gasteiger partial charge in [0.15, 0.2) is 0 Å². The summed E-state index contributed by atoms with van der Waals surface area (Å²) in [5.41, 5.74) is 23.9. The lowest BCUT2D eigenvalue weighted by molar-refractivity contribution is 0.662. The van der Waals surface area contributed by atoms with E-state index >= 15 is 0 Å². The molecule has 67 heavy (non-hydrogen) atoms. The molecule has 2 nitrogen and oxygen atoms in total. The second-order valence-electron chi connectivity index (χ2n) is 18.9. The monoisotopic (exact) mass is 857 g/mol. The van der Waals surface area contributed by atoms with Gasteiger partial charge in [-0.15, -0.1) is 0 Å². The van der Waals surface area contributed by atoms with Crippen molar-refractivity contribution in [2.75, 3.05) is 4.90 Å². The smallest absolute Gasteiger partial charge is 0.136 e. The van der Waals surface area contributed by atoms with Crippen molar-refractivity contribution >= 4 is 39.0 Å². The fourth-order valence-corrected chi connectivity index (χ4v) is 11.8. The van der Waals surface area contributed by atoms with Crippen molar-refractivity contribution in [2.45, 2.75) is 31.6 Å². The van der Waals surface area contributed by atoms with Crippen LogP contribution < -0.4 is 4.90 Å². The summed E-state index contributed by atoms with van der Waals surface area (Å²) >= 11 is 0. The third-order valence-electron chi connectivity index (χ3n) is 15.0. The fourth-order valence-electron chi connectivity index (χ4n) is 11.8. The molecule has 2 aliphatic rings. The molecule has 1 atom stereocenters. The zero-order valence-corrected chi connectivity index (χ0v) is 37.8. The van der Waals surface area contributed by atoms with Crippen molar-refractivity contribution in [3.63, 3.8) is 0 Å². The standard InChI is InChI=1S/C65H47NO/c1-64(2)57-27-12-9-22-52(57)55-26-15-25-54(63(55)64)50-20-8-7-19-48(50)42-31-35-45(36-32-42)66(46-37-33-43(34-38-46)49-24-16-30-61-62(49)56-23-11-14-29-60(56)67-61)47-39-40-53-51-21-10-13-28-58(51)65(3,59(53)41-47)44-17-5-4-6-18-44/h4-41H,1-3H3. The summed E-state index contributed by atoms with van der Waals surface area (Å²) in [7, 11) is 0. The molecule has 0 saturated heterocycles. The van der Waals surface area contributed by atoms with Gasteiger partial charge in [0.25, 0.3) is 0 Å². The molecule has 2 aliphatic carbocycles. The zero-order chi connectivity index (χ0) is 44.9. The number of rotatable bonds is 7. The summed E-state index contributed by atoms with van der Waals surface area (Å²) in [6, 6.07) is 84.7. The average molecular weight is 858 g/mol. The Kier molecular flexibility index (Phi) is 8.73. The lowest BCUT2D eigenvalue weighted by Gasteiger charge is -2.31. The molecule has 1 unspecified atom stereocenters. The highest BCUT2D eigenvalue weighted by Gasteiger charge is 2.41. The Hall–Kier alpha value is -8.20. The van der Waals surface area contributed by atoms with Crippen LogP contribution in [0.1, 0.15) is 48.6 Å². The number of para-hydroxylation sites is 1. The third kappa shape index (κ3) is 5.89. The van der Waals surface area contributed by atoms with E-state index in [1.165, 1.54) is 72.3 Å². The number of anilines is 3. The summed E-state index contributed by atoms with van der Waals surface area (Å²) in [6.45, 7) is 7.14. The van der Waals surface area contributed by atoms with Crippen LogP contribution in [0.15, 0.2) is 235 Å². The molecule has 13 rings (SSSR count). The molecule has 0 N–H and O–H groups in total. The van der Waals surface area contributed by atoms with E-state index < -0.39 is 0 Å². The van der Waals surface area contributed by atoms with Crippen LogP contribution in [0.5, 0.6) is 0 Å². The first-order valence-corrected chi connectivity index (χ1v) is 23.4. The highest BCUT2D eigenvalue weighted by Crippen LogP contribution is 2.55. The Bertz CT molecular complexity index is 3730. The molecule has 318 valence electrons. The number of hydrogen-bond donors (Lipinski definition) is 0. The van der Waals surface area contributed by atoms with Crippen LogP contribution in [0.25, 0.3) is 77.6 Å². The minimum absolute atomic E-state index is 0.123. The van der Waals surface area contributed by atoms with Gasteiger partial charge in [-0.2, -0.15) is 0 Å². The van der Waals surface area contributed by atoms with Crippen molar-refractivity contribution in [3.8, 4) is 55.6 Å². The first kappa shape index (κ1) is 39.2. The largest absolute Gasteiger partial charge is 0.456 e. The Balaban J connectivity index is 0.948. The maximum Gasteiger partial charge on any atom is 0.136 e. The van der Waals surface area contributed by atoms with Crippen molar-refractivity contribution in [1.29, 1.82) is 0 Å². The van der Waals surface area contributed by atoms with Crippen molar-refractivity contribution in [3.05, 3.63) is 258 Å². The van der Waals surface area contributed by atoms with Gasteiger partial charge in [0, 0.05) is 38.7 Å². The molecule has 0 saturated carbocycles. The fraction of sp³-hybridized carbons (Fsp3) is 0.0769. The maximum atomic E-state index is 6.31. The van der Waals surface area contributed by atoms with Gasteiger partial charge in [0.05, 0.1) is 0 Å². The van der Waals surface area contributed by atoms with Crippen LogP contribution >= 0.6 is 0 Å². The highest BCUT2D eigenvalue weighted by atomic mass is 16.3. The van der Waals surface area contributed by atoms with Gasteiger partial charge in [-0.3, -0.25) is 0 Å². The van der Waals surface area contributed by atoms with Crippen LogP contribution in [0.4, 0.5) is 17.1 Å². The number of hydrogen-bond acceptors (Lipinski definition) is 2. The Morgan fingerprint density at radius 2 is 0.836 bits per heavy atom. The van der Waals surface area contributed by atoms with E-state index in [0.717, 1.165) is 50.1 Å². The zero-order valence-electron chi connectivity index (χ0n) is 37.8. The SMILES string of the molecule is CC1(C)c2ccccc2-c2cccc(-c3ccccc3-c3ccc(N(c4ccc(-c5cccc6oc7ccccc7c56)cc4)c4ccc5c(c4)C(C)(c4ccccc4)c4ccccc4-5)cc3)c21. The first-order chi connectivity index (χ1) is 32.9. The normalized spacial score (nSPS) is 15.3. The van der Waals surface area contributed by atoms with Gasteiger partial charge in [0.2, 0.25) is 0 Å². The summed E-state index contributed by atoms with van der Waals surface area (Å²) < 4.78 is 6.31. The first-order valence-electron chi connectivity index (χ1n) is 23.4. The van der Waals surface area contributed by atoms with E-state index in [4.69, 9.17) is 4.42 Å². The number of fused-ring (bicyclic) bond motifs is 9. The second kappa shape index (κ2) is 14.9. The van der Waals surface area contributed by atoms with Crippen molar-refractivity contribution in [1.82, 2.24) is 0 Å². The van der Waals surface area contributed by atoms with E-state index in [-0.39, 0.29) is 10.8 Å². The summed E-state index contributed by atoms with van der Waals surface area (Å²) in [4.78, 5) is 2.42. The molecule has 0 aliphatic heterocycles. The minimum Gasteiger partial charge on any atom is -0.456 e. The molecule has 1 aromatic heterocycles. The molecule has 0 bridgehead atoms. The lowest BCUT2D eigenvalue weighted by atomic mass is 9.74. The third-order valence-corrected chi connectivity index (χ3v) is 15.0. The van der Waals surface area contributed by atoms with Crippen LogP contribution in [-0.2, 0) is 10.8 Å². The quantitative estimate of drug-likeness (QED) is 0.159. The van der Waals surface area contributed by atoms with Crippen LogP contribution in [0.3, 0.4) is 0 Å². The van der Waals surface area contributed by atoms with Gasteiger partial charge in [-0.05, 0) is 139 Å². The minimum atomic E-state index is -0.327. The van der Waals surface area contributed by atoms with Crippen molar-refractivity contribution in [2.24, 2.45) is 0 Å². The molecule has 2 heteroatoms. The molecule has 0 radical (unpaired) electrons. The van der Waals surface area contributed by atoms with E-state index in [1.807, 2.05) is 6.07 Å². The van der Waals surface area contributed by atoms with Crippen LogP contribution in [0, 0.1) is 0 Å². The van der Waals surface area contributed by atoms with Gasteiger partial charge >= 0.3 is 0 Å². The maximum absolute atomic E-state index is 6.31. The van der Waals surface area contributed by atoms with Gasteiger partial charge < -0.3 is 9.32 Å². The van der Waals surface area contributed by atoms with Gasteiger partial charge in [0.1, 0.15) is 11.2 Å². The van der Waals surface area contributed by atoms with E-state index in [9.17, 15) is 0 Å². The predicted octanol–water partition coefficient (Wildman–Crippen LogP) is 17.7. The summed E-state index contributed by atoms with van der Waals surface area (Å²) in [5.74, 6) is 0. The number of benzene rings is 10. The molecule has 0 fully saturated rings. The predicted molar refractivity (Wildman–Crippen MR) is 280 cm³/mol. The van der Waals surface area contributed by atoms with E-state index in [0.29, 0.717) is 0 Å². The topological polar surface area (TPSA) is 16.4 Å². The second-order valence-corrected chi connectivity index (χ2v) is 18.9. The van der Waals surface area contributed by atoms with E-state index in [1.54, 1.807) is 0 Å². The van der Waals surface area contributed by atoms with Gasteiger partial charge in [-0.25, -0.2) is 0 Å². The molecule has 11 aromatic rings. The molecular weight excluding hydrogens is 811 g/mol. The molecular formula is C65H47NO. The van der Waals surface area contributed by atoms with Crippen LogP contribution in [-0.4, -0.2) is 0 Å². The van der Waals surface area contributed by atoms with Crippen molar-refractivity contribution < 1.29 is 4.42 Å². The van der Waals surface area contributed by atoms with Gasteiger partial charge in [-0.1, -0.05) is 196 Å². The lowest BCUT2D eigenvalue weighted by Crippen LogP contribution is -2.22. The Labute approximate surface area is 392 Å². The summed E-state index contributed by atoms with van der Waals surface area (Å²) in [5, 5.41) is 2.28.